The van der Waals surface area contributed by atoms with Gasteiger partial charge in [0.2, 0.25) is 0 Å². The van der Waals surface area contributed by atoms with E-state index in [1.165, 1.54) is 57.8 Å². The Balaban J connectivity index is 4.10. The van der Waals surface area contributed by atoms with Gasteiger partial charge in [0.15, 0.2) is 5.11 Å². The van der Waals surface area contributed by atoms with Gasteiger partial charge in [-0.15, -0.1) is 0 Å². The van der Waals surface area contributed by atoms with Crippen LogP contribution in [0.15, 0.2) is 0 Å². The smallest absolute Gasteiger partial charge is 0.306 e. The van der Waals surface area contributed by atoms with Crippen LogP contribution in [0, 0.1) is 0 Å². The molecular weight excluding hydrogens is 534 g/mol. The van der Waals surface area contributed by atoms with E-state index in [-0.39, 0.29) is 18.5 Å². The average molecular weight is 600 g/mol. The maximum Gasteiger partial charge on any atom is 0.306 e. The number of nitrogens with zero attached hydrogens (tertiary/aromatic N) is 2. The average Bonchev–Trinajstić information content (AvgIpc) is 2.94. The van der Waals surface area contributed by atoms with Crippen molar-refractivity contribution in [2.24, 2.45) is 0 Å². The third kappa shape index (κ3) is 27.2. The van der Waals surface area contributed by atoms with Crippen LogP contribution in [0.25, 0.3) is 0 Å². The summed E-state index contributed by atoms with van der Waals surface area (Å²) in [5.74, 6) is -0.707. The SMILES string of the molecule is CCCCCCCCC(CC)OC(=O)CCCCCCCN(CCCCCCCC(=O)O)CCCNC(=S)N(C)C. The number of hydrogen-bond acceptors (Lipinski definition) is 5. The van der Waals surface area contributed by atoms with Crippen LogP contribution < -0.4 is 5.32 Å². The predicted molar refractivity (Wildman–Crippen MR) is 177 cm³/mol. The number of nitrogens with one attached hydrogen (secondary N) is 1. The Morgan fingerprint density at radius 2 is 1.24 bits per heavy atom. The summed E-state index contributed by atoms with van der Waals surface area (Å²) < 4.78 is 5.75. The van der Waals surface area contributed by atoms with Crippen LogP contribution in [0.4, 0.5) is 0 Å². The lowest BCUT2D eigenvalue weighted by Gasteiger charge is -2.23. The summed E-state index contributed by atoms with van der Waals surface area (Å²) in [7, 11) is 3.92. The molecule has 0 aromatic carbocycles. The third-order valence-electron chi connectivity index (χ3n) is 7.69. The summed E-state index contributed by atoms with van der Waals surface area (Å²) in [5, 5.41) is 12.9. The van der Waals surface area contributed by atoms with E-state index in [2.05, 4.69) is 24.1 Å². The van der Waals surface area contributed by atoms with Gasteiger partial charge in [-0.25, -0.2) is 0 Å². The van der Waals surface area contributed by atoms with E-state index in [4.69, 9.17) is 22.1 Å². The van der Waals surface area contributed by atoms with Crippen molar-refractivity contribution >= 4 is 29.3 Å². The molecule has 7 nitrogen and oxygen atoms in total. The number of carboxylic acids is 1. The molecule has 41 heavy (non-hydrogen) atoms. The first-order valence-corrected chi connectivity index (χ1v) is 17.3. The number of carbonyl (C=O) groups is 2. The first-order chi connectivity index (χ1) is 19.8. The van der Waals surface area contributed by atoms with Crippen molar-refractivity contribution in [3.05, 3.63) is 0 Å². The number of rotatable bonds is 29. The Morgan fingerprint density at radius 1 is 0.732 bits per heavy atom. The van der Waals surface area contributed by atoms with Crippen LogP contribution in [0.1, 0.15) is 149 Å². The van der Waals surface area contributed by atoms with E-state index >= 15 is 0 Å². The molecule has 0 fully saturated rings. The fourth-order valence-corrected chi connectivity index (χ4v) is 5.11. The molecule has 0 aliphatic heterocycles. The van der Waals surface area contributed by atoms with Gasteiger partial charge in [0.25, 0.3) is 0 Å². The third-order valence-corrected chi connectivity index (χ3v) is 8.20. The molecule has 1 unspecified atom stereocenters. The molecule has 0 aliphatic carbocycles. The Labute approximate surface area is 258 Å². The molecule has 0 saturated carbocycles. The second kappa shape index (κ2) is 28.7. The number of carbonyl (C=O) groups excluding carboxylic acids is 1. The second-order valence-corrected chi connectivity index (χ2v) is 12.2. The van der Waals surface area contributed by atoms with E-state index < -0.39 is 5.97 Å². The zero-order valence-electron chi connectivity index (χ0n) is 27.2. The first-order valence-electron chi connectivity index (χ1n) is 16.9. The zero-order chi connectivity index (χ0) is 30.6. The highest BCUT2D eigenvalue weighted by molar-refractivity contribution is 7.80. The van der Waals surface area contributed by atoms with Gasteiger partial charge in [-0.1, -0.05) is 84.5 Å². The van der Waals surface area contributed by atoms with E-state index in [0.29, 0.717) is 6.42 Å². The number of unbranched alkanes of at least 4 members (excludes halogenated alkanes) is 13. The van der Waals surface area contributed by atoms with Crippen LogP contribution in [0.3, 0.4) is 0 Å². The minimum Gasteiger partial charge on any atom is -0.481 e. The lowest BCUT2D eigenvalue weighted by atomic mass is 10.1. The molecule has 0 amide bonds. The van der Waals surface area contributed by atoms with Crippen LogP contribution in [0.2, 0.25) is 0 Å². The minimum absolute atomic E-state index is 0.0145. The molecular formula is C33H65N3O4S. The highest BCUT2D eigenvalue weighted by atomic mass is 32.1. The Bertz CT molecular complexity index is 648. The molecule has 0 bridgehead atoms. The summed E-state index contributed by atoms with van der Waals surface area (Å²) in [4.78, 5) is 27.5. The molecule has 0 aromatic rings. The number of aliphatic carboxylic acids is 1. The van der Waals surface area contributed by atoms with Gasteiger partial charge in [0.1, 0.15) is 6.10 Å². The molecule has 1 atom stereocenters. The molecule has 8 heteroatoms. The van der Waals surface area contributed by atoms with Crippen molar-refractivity contribution in [2.75, 3.05) is 40.3 Å². The van der Waals surface area contributed by atoms with Gasteiger partial charge in [0.05, 0.1) is 0 Å². The fourth-order valence-electron chi connectivity index (χ4n) is 5.01. The fraction of sp³-hybridized carbons (Fsp3) is 0.909. The summed E-state index contributed by atoms with van der Waals surface area (Å²) in [6.45, 7) is 8.51. The Kier molecular flexibility index (Phi) is 27.7. The molecule has 0 radical (unpaired) electrons. The minimum atomic E-state index is -0.692. The Hall–Kier alpha value is -1.41. The van der Waals surface area contributed by atoms with Gasteiger partial charge < -0.3 is 25.0 Å². The van der Waals surface area contributed by atoms with Crippen LogP contribution in [-0.4, -0.2) is 78.3 Å². The van der Waals surface area contributed by atoms with Crippen molar-refractivity contribution in [3.63, 3.8) is 0 Å². The van der Waals surface area contributed by atoms with E-state index in [0.717, 1.165) is 95.5 Å². The van der Waals surface area contributed by atoms with Gasteiger partial charge in [-0.3, -0.25) is 9.59 Å². The normalized spacial score (nSPS) is 11.9. The summed E-state index contributed by atoms with van der Waals surface area (Å²) in [6, 6.07) is 0. The van der Waals surface area contributed by atoms with Crippen molar-refractivity contribution in [3.8, 4) is 0 Å². The van der Waals surface area contributed by atoms with E-state index in [1.54, 1.807) is 0 Å². The molecule has 0 aliphatic rings. The molecule has 2 N–H and O–H groups in total. The van der Waals surface area contributed by atoms with Crippen LogP contribution >= 0.6 is 12.2 Å². The predicted octanol–water partition coefficient (Wildman–Crippen LogP) is 7.95. The van der Waals surface area contributed by atoms with E-state index in [9.17, 15) is 9.59 Å². The van der Waals surface area contributed by atoms with Gasteiger partial charge >= 0.3 is 11.9 Å². The van der Waals surface area contributed by atoms with Crippen LogP contribution in [0.5, 0.6) is 0 Å². The van der Waals surface area contributed by atoms with Gasteiger partial charge in [0, 0.05) is 33.5 Å². The molecule has 0 rings (SSSR count). The second-order valence-electron chi connectivity index (χ2n) is 11.8. The lowest BCUT2D eigenvalue weighted by Crippen LogP contribution is -2.36. The van der Waals surface area contributed by atoms with E-state index in [1.807, 2.05) is 19.0 Å². The first kappa shape index (κ1) is 39.6. The highest BCUT2D eigenvalue weighted by Gasteiger charge is 2.12. The zero-order valence-corrected chi connectivity index (χ0v) is 28.0. The lowest BCUT2D eigenvalue weighted by molar-refractivity contribution is -0.149. The van der Waals surface area contributed by atoms with Crippen molar-refractivity contribution in [1.82, 2.24) is 15.1 Å². The van der Waals surface area contributed by atoms with Crippen molar-refractivity contribution < 1.29 is 19.4 Å². The monoisotopic (exact) mass is 599 g/mol. The number of hydrogen-bond donors (Lipinski definition) is 2. The summed E-state index contributed by atoms with van der Waals surface area (Å²) >= 11 is 5.32. The van der Waals surface area contributed by atoms with Crippen LogP contribution in [-0.2, 0) is 14.3 Å². The molecule has 0 heterocycles. The molecule has 242 valence electrons. The topological polar surface area (TPSA) is 82.1 Å². The summed E-state index contributed by atoms with van der Waals surface area (Å²) in [5.41, 5.74) is 0. The van der Waals surface area contributed by atoms with Gasteiger partial charge in [-0.05, 0) is 83.2 Å². The summed E-state index contributed by atoms with van der Waals surface area (Å²) in [6.07, 6.45) is 22.3. The van der Waals surface area contributed by atoms with Crippen molar-refractivity contribution in [2.45, 2.75) is 155 Å². The maximum absolute atomic E-state index is 12.3. The molecule has 0 saturated heterocycles. The number of carboxylic acid groups (broad SMARTS) is 1. The van der Waals surface area contributed by atoms with Gasteiger partial charge in [-0.2, -0.15) is 0 Å². The Morgan fingerprint density at radius 3 is 1.80 bits per heavy atom. The number of esters is 1. The largest absolute Gasteiger partial charge is 0.481 e. The number of ether oxygens (including phenoxy) is 1. The number of thiocarbonyl (C=S) groups is 1. The molecule has 0 aromatic heterocycles. The standard InChI is InChI=1S/C33H65N3O4S/c1-5-7-8-9-12-17-23-30(6-2)40-32(39)25-19-14-11-16-21-28-36(29-22-26-34-33(41)35(3)4)27-20-15-10-13-18-24-31(37)38/h30H,5-29H2,1-4H3,(H,34,41)(H,37,38). The quantitative estimate of drug-likeness (QED) is 0.0509. The van der Waals surface area contributed by atoms with Crippen molar-refractivity contribution in [1.29, 1.82) is 0 Å². The maximum atomic E-state index is 12.3. The highest BCUT2D eigenvalue weighted by Crippen LogP contribution is 2.15. The molecule has 0 spiro atoms.